The quantitative estimate of drug-likeness (QED) is 0.469. The predicted octanol–water partition coefficient (Wildman–Crippen LogP) is 0.221. The number of ketones is 1. The number of epoxide rings is 1. The van der Waals surface area contributed by atoms with Crippen molar-refractivity contribution in [2.45, 2.75) is 57.0 Å². The van der Waals surface area contributed by atoms with Crippen LogP contribution >= 0.6 is 0 Å². The van der Waals surface area contributed by atoms with E-state index in [-0.39, 0.29) is 24.4 Å². The fraction of sp³-hybridized carbons (Fsp3) is 0.737. The van der Waals surface area contributed by atoms with Gasteiger partial charge in [0.1, 0.15) is 6.61 Å². The smallest absolute Gasteiger partial charge is 0.341 e. The summed E-state index contributed by atoms with van der Waals surface area (Å²) >= 11 is 0. The number of carbonyl (C=O) groups excluding carboxylic acids is 3. The van der Waals surface area contributed by atoms with E-state index < -0.39 is 41.3 Å². The second kappa shape index (κ2) is 7.00. The molecule has 0 aromatic carbocycles. The highest BCUT2D eigenvalue weighted by Gasteiger charge is 2.63. The zero-order valence-electron chi connectivity index (χ0n) is 16.2. The summed E-state index contributed by atoms with van der Waals surface area (Å²) in [5, 5.41) is 10.7. The van der Waals surface area contributed by atoms with Gasteiger partial charge in [-0.15, -0.1) is 0 Å². The Kier molecular flexibility index (Phi) is 5.18. The van der Waals surface area contributed by atoms with Crippen molar-refractivity contribution in [2.75, 3.05) is 26.7 Å². The van der Waals surface area contributed by atoms with Gasteiger partial charge in [0.2, 0.25) is 5.78 Å². The minimum Gasteiger partial charge on any atom is -0.459 e. The summed E-state index contributed by atoms with van der Waals surface area (Å²) in [4.78, 5) is 40.2. The molecule has 0 saturated carbocycles. The highest BCUT2D eigenvalue weighted by atomic mass is 16.7. The highest BCUT2D eigenvalue weighted by Crippen LogP contribution is 2.45. The van der Waals surface area contributed by atoms with Crippen LogP contribution in [0, 0.1) is 5.92 Å². The van der Waals surface area contributed by atoms with Gasteiger partial charge in [-0.05, 0) is 33.2 Å². The second-order valence-electron chi connectivity index (χ2n) is 8.02. The topological polar surface area (TPSA) is 106 Å². The van der Waals surface area contributed by atoms with Crippen molar-refractivity contribution in [1.29, 1.82) is 0 Å². The molecule has 1 spiro atoms. The molecule has 3 heterocycles. The van der Waals surface area contributed by atoms with Crippen molar-refractivity contribution in [2.24, 2.45) is 5.92 Å². The van der Waals surface area contributed by atoms with E-state index in [9.17, 15) is 19.5 Å². The molecule has 0 aliphatic carbocycles. The maximum absolute atomic E-state index is 12.9. The number of rotatable bonds is 0. The lowest BCUT2D eigenvalue weighted by atomic mass is 9.82. The zero-order valence-corrected chi connectivity index (χ0v) is 16.2. The molecule has 27 heavy (non-hydrogen) atoms. The monoisotopic (exact) mass is 381 g/mol. The molecule has 0 aromatic rings. The molecule has 150 valence electrons. The molecule has 0 radical (unpaired) electrons. The Morgan fingerprint density at radius 3 is 2.52 bits per heavy atom. The molecule has 3 unspecified atom stereocenters. The molecule has 3 aliphatic heterocycles. The van der Waals surface area contributed by atoms with Crippen molar-refractivity contribution in [3.8, 4) is 0 Å². The summed E-state index contributed by atoms with van der Waals surface area (Å²) in [6, 6.07) is 0. The van der Waals surface area contributed by atoms with Gasteiger partial charge < -0.3 is 24.2 Å². The molecular formula is C19H27NO7. The van der Waals surface area contributed by atoms with Gasteiger partial charge in [0.15, 0.2) is 17.3 Å². The van der Waals surface area contributed by atoms with Gasteiger partial charge in [-0.2, -0.15) is 0 Å². The molecule has 2 saturated heterocycles. The molecule has 0 aromatic heterocycles. The molecule has 2 fully saturated rings. The Balaban J connectivity index is 1.97. The summed E-state index contributed by atoms with van der Waals surface area (Å²) in [5.74, 6) is -2.43. The van der Waals surface area contributed by atoms with Crippen molar-refractivity contribution in [1.82, 2.24) is 4.90 Å². The summed E-state index contributed by atoms with van der Waals surface area (Å²) in [5.41, 5.74) is -2.81. The lowest BCUT2D eigenvalue weighted by Crippen LogP contribution is -2.48. The van der Waals surface area contributed by atoms with Crippen LogP contribution in [0.1, 0.15) is 33.6 Å². The number of fused-ring (bicyclic) bond motifs is 2. The van der Waals surface area contributed by atoms with E-state index in [1.165, 1.54) is 6.92 Å². The van der Waals surface area contributed by atoms with E-state index in [0.717, 1.165) is 0 Å². The second-order valence-corrected chi connectivity index (χ2v) is 8.02. The van der Waals surface area contributed by atoms with Gasteiger partial charge in [0, 0.05) is 25.1 Å². The third kappa shape index (κ3) is 3.66. The fourth-order valence-electron chi connectivity index (χ4n) is 3.54. The third-order valence-corrected chi connectivity index (χ3v) is 5.95. The average molecular weight is 381 g/mol. The first-order valence-corrected chi connectivity index (χ1v) is 9.28. The summed E-state index contributed by atoms with van der Waals surface area (Å²) in [6.45, 7) is 5.57. The number of likely N-dealkylation sites (N-methyl/N-ethyl adjacent to an activating group) is 1. The van der Waals surface area contributed by atoms with E-state index in [4.69, 9.17) is 14.2 Å². The molecule has 2 bridgehead atoms. The standard InChI is InChI=1S/C19H27NO7/c1-11-9-19(12(2)27-19)17(23)26-14-6-8-20(4)7-5-13(15(14)21)10-25-16(22)18(11,3)24/h5,11-12,14,24H,6-10H2,1-4H3/b13-5-/t11?,12-,14?,18?,19-/m0/s1. The number of cyclic esters (lactones) is 1. The first kappa shape index (κ1) is 20.0. The molecule has 3 rings (SSSR count). The Hall–Kier alpha value is -1.77. The minimum absolute atomic E-state index is 0.0958. The van der Waals surface area contributed by atoms with Gasteiger partial charge in [0.25, 0.3) is 0 Å². The first-order valence-electron chi connectivity index (χ1n) is 9.28. The van der Waals surface area contributed by atoms with Crippen molar-refractivity contribution in [3.05, 3.63) is 11.6 Å². The van der Waals surface area contributed by atoms with E-state index in [1.807, 2.05) is 11.9 Å². The minimum atomic E-state index is -1.82. The van der Waals surface area contributed by atoms with Crippen LogP contribution < -0.4 is 0 Å². The van der Waals surface area contributed by atoms with Crippen LogP contribution in [-0.4, -0.2) is 77.9 Å². The van der Waals surface area contributed by atoms with Crippen LogP contribution in [0.25, 0.3) is 0 Å². The van der Waals surface area contributed by atoms with Crippen LogP contribution in [-0.2, 0) is 28.6 Å². The molecule has 8 heteroatoms. The Morgan fingerprint density at radius 1 is 1.22 bits per heavy atom. The van der Waals surface area contributed by atoms with Crippen LogP contribution in [0.5, 0.6) is 0 Å². The van der Waals surface area contributed by atoms with Crippen LogP contribution in [0.4, 0.5) is 0 Å². The SMILES string of the molecule is CC1C[C@@]2(O[C@H]2C)C(=O)OC2CCN(C)C/C=C(/COC(=O)C1(C)O)C2=O. The van der Waals surface area contributed by atoms with Gasteiger partial charge in [-0.1, -0.05) is 13.0 Å². The number of Topliss-reactive ketones (excluding diaryl/α,β-unsaturated/α-hetero) is 1. The number of esters is 2. The van der Waals surface area contributed by atoms with Crippen molar-refractivity contribution in [3.63, 3.8) is 0 Å². The number of aliphatic hydroxyl groups is 1. The molecular weight excluding hydrogens is 354 g/mol. The van der Waals surface area contributed by atoms with E-state index in [2.05, 4.69) is 0 Å². The van der Waals surface area contributed by atoms with Gasteiger partial charge in [0.05, 0.1) is 6.10 Å². The lowest BCUT2D eigenvalue weighted by Gasteiger charge is -2.32. The molecule has 8 nitrogen and oxygen atoms in total. The average Bonchev–Trinajstić information content (AvgIpc) is 3.26. The molecule has 3 aliphatic rings. The van der Waals surface area contributed by atoms with E-state index in [1.54, 1.807) is 19.9 Å². The highest BCUT2D eigenvalue weighted by molar-refractivity contribution is 6.01. The third-order valence-electron chi connectivity index (χ3n) is 5.95. The maximum atomic E-state index is 12.9. The Labute approximate surface area is 158 Å². The summed E-state index contributed by atoms with van der Waals surface area (Å²) in [6.07, 6.45) is 0.756. The fourth-order valence-corrected chi connectivity index (χ4v) is 3.54. The summed E-state index contributed by atoms with van der Waals surface area (Å²) < 4.78 is 16.4. The van der Waals surface area contributed by atoms with Crippen LogP contribution in [0.2, 0.25) is 0 Å². The molecule has 1 N–H and O–H groups in total. The van der Waals surface area contributed by atoms with E-state index >= 15 is 0 Å². The molecule has 5 atom stereocenters. The van der Waals surface area contributed by atoms with Gasteiger partial charge in [-0.3, -0.25) is 4.79 Å². The van der Waals surface area contributed by atoms with Gasteiger partial charge in [-0.25, -0.2) is 9.59 Å². The van der Waals surface area contributed by atoms with Crippen molar-refractivity contribution < 1.29 is 33.7 Å². The predicted molar refractivity (Wildman–Crippen MR) is 93.7 cm³/mol. The van der Waals surface area contributed by atoms with Crippen molar-refractivity contribution >= 4 is 17.7 Å². The van der Waals surface area contributed by atoms with E-state index in [0.29, 0.717) is 19.5 Å². The van der Waals surface area contributed by atoms with Gasteiger partial charge >= 0.3 is 11.9 Å². The largest absolute Gasteiger partial charge is 0.459 e. The number of ether oxygens (including phenoxy) is 3. The Bertz CT molecular complexity index is 686. The number of nitrogens with zero attached hydrogens (tertiary/aromatic N) is 1. The Morgan fingerprint density at radius 2 is 1.89 bits per heavy atom. The number of carbonyl (C=O) groups is 3. The lowest BCUT2D eigenvalue weighted by molar-refractivity contribution is -0.173. The number of hydrogen-bond acceptors (Lipinski definition) is 8. The normalized spacial score (nSPS) is 43.4. The van der Waals surface area contributed by atoms with Crippen LogP contribution in [0.15, 0.2) is 11.6 Å². The zero-order chi connectivity index (χ0) is 20.0. The summed E-state index contributed by atoms with van der Waals surface area (Å²) in [7, 11) is 1.89. The first-order chi connectivity index (χ1) is 12.6. The molecule has 0 amide bonds. The maximum Gasteiger partial charge on any atom is 0.341 e. The van der Waals surface area contributed by atoms with Crippen LogP contribution in [0.3, 0.4) is 0 Å². The number of hydrogen-bond donors (Lipinski definition) is 1.